The molecule has 2 aromatic heterocycles. The van der Waals surface area contributed by atoms with Crippen LogP contribution in [0.5, 0.6) is 0 Å². The number of aromatic nitrogens is 2. The minimum absolute atomic E-state index is 0.156. The number of rotatable bonds is 6. The van der Waals surface area contributed by atoms with Gasteiger partial charge in [-0.1, -0.05) is 29.8 Å². The van der Waals surface area contributed by atoms with E-state index in [0.29, 0.717) is 16.6 Å². The van der Waals surface area contributed by atoms with Gasteiger partial charge in [-0.3, -0.25) is 15.0 Å². The predicted octanol–water partition coefficient (Wildman–Crippen LogP) is 4.46. The van der Waals surface area contributed by atoms with Gasteiger partial charge in [0.05, 0.1) is 22.8 Å². The molecule has 162 valence electrons. The number of amides is 2. The first-order valence-corrected chi connectivity index (χ1v) is 9.95. The van der Waals surface area contributed by atoms with E-state index in [1.165, 1.54) is 6.20 Å². The molecule has 0 saturated carbocycles. The molecule has 3 N–H and O–H groups in total. The number of hydrogen-bond donors (Lipinski definition) is 3. The summed E-state index contributed by atoms with van der Waals surface area (Å²) in [6.07, 6.45) is -2.57. The van der Waals surface area contributed by atoms with Crippen molar-refractivity contribution in [1.29, 1.82) is 0 Å². The molecule has 0 fully saturated rings. The highest BCUT2D eigenvalue weighted by molar-refractivity contribution is 7.13. The van der Waals surface area contributed by atoms with Gasteiger partial charge in [-0.15, -0.1) is 11.3 Å². The predicted molar refractivity (Wildman–Crippen MR) is 110 cm³/mol. The number of halogens is 4. The van der Waals surface area contributed by atoms with Crippen molar-refractivity contribution in [3.8, 4) is 0 Å². The number of anilines is 1. The molecule has 0 aliphatic rings. The molecule has 3 aromatic rings. The smallest absolute Gasteiger partial charge is 0.306 e. The lowest BCUT2D eigenvalue weighted by molar-refractivity contribution is -0.137. The fraction of sp³-hybridized carbons (Fsp3) is 0.158. The van der Waals surface area contributed by atoms with Crippen LogP contribution in [0.25, 0.3) is 0 Å². The summed E-state index contributed by atoms with van der Waals surface area (Å²) >= 11 is 6.54. The number of nitrogens with one attached hydrogen (secondary N) is 3. The van der Waals surface area contributed by atoms with E-state index in [-0.39, 0.29) is 16.6 Å². The topological polar surface area (TPSA) is 96.0 Å². The second-order valence-electron chi connectivity index (χ2n) is 6.25. The largest absolute Gasteiger partial charge is 0.418 e. The minimum Gasteiger partial charge on any atom is -0.306 e. The number of alkyl halides is 3. The molecule has 1 atom stereocenters. The van der Waals surface area contributed by atoms with E-state index < -0.39 is 28.7 Å². The molecule has 0 radical (unpaired) electrons. The Kier molecular flexibility index (Phi) is 6.88. The van der Waals surface area contributed by atoms with Gasteiger partial charge >= 0.3 is 6.18 Å². The molecule has 1 aromatic carbocycles. The van der Waals surface area contributed by atoms with Crippen molar-refractivity contribution in [3.05, 3.63) is 74.8 Å². The second-order valence-corrected chi connectivity index (χ2v) is 7.72. The summed E-state index contributed by atoms with van der Waals surface area (Å²) in [7, 11) is 0. The van der Waals surface area contributed by atoms with Crippen LogP contribution in [0.3, 0.4) is 0 Å². The van der Waals surface area contributed by atoms with Crippen LogP contribution in [0.2, 0.25) is 5.02 Å². The van der Waals surface area contributed by atoms with Gasteiger partial charge in [0.15, 0.2) is 0 Å². The van der Waals surface area contributed by atoms with Crippen LogP contribution in [0.15, 0.2) is 48.8 Å². The third-order valence-electron chi connectivity index (χ3n) is 3.96. The number of hydrogen-bond acceptors (Lipinski definition) is 6. The molecule has 0 aliphatic carbocycles. The molecule has 12 heteroatoms. The molecule has 7 nitrogen and oxygen atoms in total. The minimum atomic E-state index is -4.68. The van der Waals surface area contributed by atoms with E-state index in [9.17, 15) is 22.8 Å². The molecular weight excluding hydrogens is 455 g/mol. The van der Waals surface area contributed by atoms with Crippen molar-refractivity contribution >= 4 is 40.6 Å². The quantitative estimate of drug-likeness (QED) is 0.463. The lowest BCUT2D eigenvalue weighted by atomic mass is 10.2. The van der Waals surface area contributed by atoms with Crippen LogP contribution in [0, 0.1) is 0 Å². The molecule has 0 saturated heterocycles. The Morgan fingerprint density at radius 1 is 1.10 bits per heavy atom. The Balaban J connectivity index is 1.62. The number of thiazole rings is 1. The molecule has 2 amide bonds. The Morgan fingerprint density at radius 2 is 1.81 bits per heavy atom. The summed E-state index contributed by atoms with van der Waals surface area (Å²) < 4.78 is 38.8. The molecule has 0 bridgehead atoms. The van der Waals surface area contributed by atoms with Crippen molar-refractivity contribution in [2.75, 3.05) is 5.32 Å². The number of pyridine rings is 1. The van der Waals surface area contributed by atoms with E-state index in [0.717, 1.165) is 17.5 Å². The van der Waals surface area contributed by atoms with Crippen molar-refractivity contribution in [2.24, 2.45) is 0 Å². The van der Waals surface area contributed by atoms with Crippen LogP contribution in [-0.2, 0) is 6.18 Å². The maximum atomic E-state index is 12.9. The van der Waals surface area contributed by atoms with Crippen LogP contribution >= 0.6 is 22.9 Å². The molecule has 2 heterocycles. The summed E-state index contributed by atoms with van der Waals surface area (Å²) in [5.74, 6) is -1.30. The number of carbonyl (C=O) groups excluding carboxylic acids is 2. The highest BCUT2D eigenvalue weighted by atomic mass is 35.5. The number of nitrogens with zero attached hydrogens (tertiary/aromatic N) is 2. The van der Waals surface area contributed by atoms with E-state index in [4.69, 9.17) is 11.6 Å². The van der Waals surface area contributed by atoms with Gasteiger partial charge in [-0.25, -0.2) is 15.4 Å². The molecular formula is C19H15ClF3N5O2S. The summed E-state index contributed by atoms with van der Waals surface area (Å²) in [6, 6.07) is 8.80. The Bertz CT molecular complexity index is 1090. The van der Waals surface area contributed by atoms with Gasteiger partial charge in [0, 0.05) is 11.8 Å². The normalized spacial score (nSPS) is 12.3. The monoisotopic (exact) mass is 469 g/mol. The molecule has 0 spiro atoms. The van der Waals surface area contributed by atoms with Gasteiger partial charge in [-0.05, 0) is 25.1 Å². The average Bonchev–Trinajstić information content (AvgIpc) is 3.23. The van der Waals surface area contributed by atoms with Crippen LogP contribution < -0.4 is 16.2 Å². The summed E-state index contributed by atoms with van der Waals surface area (Å²) in [5, 5.41) is 2.21. The summed E-state index contributed by atoms with van der Waals surface area (Å²) in [5.41, 5.74) is 4.71. The second kappa shape index (κ2) is 9.41. The highest BCUT2D eigenvalue weighted by Crippen LogP contribution is 2.35. The van der Waals surface area contributed by atoms with E-state index >= 15 is 0 Å². The lowest BCUT2D eigenvalue weighted by Crippen LogP contribution is -2.38. The zero-order chi connectivity index (χ0) is 22.6. The highest BCUT2D eigenvalue weighted by Gasteiger charge is 2.34. The zero-order valence-electron chi connectivity index (χ0n) is 15.8. The Morgan fingerprint density at radius 3 is 2.48 bits per heavy atom. The fourth-order valence-electron chi connectivity index (χ4n) is 2.39. The van der Waals surface area contributed by atoms with E-state index in [1.54, 1.807) is 37.3 Å². The lowest BCUT2D eigenvalue weighted by Gasteiger charge is -2.12. The van der Waals surface area contributed by atoms with Gasteiger partial charge in [0.2, 0.25) is 0 Å². The van der Waals surface area contributed by atoms with Crippen LogP contribution in [0.1, 0.15) is 43.6 Å². The first-order valence-electron chi connectivity index (χ1n) is 8.76. The summed E-state index contributed by atoms with van der Waals surface area (Å²) in [6.45, 7) is 1.72. The van der Waals surface area contributed by atoms with Crippen molar-refractivity contribution < 1.29 is 22.8 Å². The van der Waals surface area contributed by atoms with E-state index in [1.807, 2.05) is 0 Å². The van der Waals surface area contributed by atoms with Crippen molar-refractivity contribution in [3.63, 3.8) is 0 Å². The van der Waals surface area contributed by atoms with Gasteiger partial charge in [0.1, 0.15) is 15.7 Å². The number of hydrazine groups is 1. The maximum Gasteiger partial charge on any atom is 0.418 e. The van der Waals surface area contributed by atoms with Gasteiger partial charge < -0.3 is 5.32 Å². The first kappa shape index (κ1) is 22.7. The van der Waals surface area contributed by atoms with Crippen LogP contribution in [-0.4, -0.2) is 21.8 Å². The van der Waals surface area contributed by atoms with E-state index in [2.05, 4.69) is 26.1 Å². The Hall–Kier alpha value is -3.02. The average molecular weight is 470 g/mol. The summed E-state index contributed by atoms with van der Waals surface area (Å²) in [4.78, 5) is 32.4. The molecule has 31 heavy (non-hydrogen) atoms. The van der Waals surface area contributed by atoms with Crippen LogP contribution in [0.4, 0.5) is 19.0 Å². The molecule has 3 rings (SSSR count). The van der Waals surface area contributed by atoms with Gasteiger partial charge in [0.25, 0.3) is 11.8 Å². The molecule has 0 aliphatic heterocycles. The standard InChI is InChI=1S/C19H15ClF3N5O2S/c1-10(27-28-16(29)11-5-3-2-4-6-11)18-25-9-14(31-18)17(30)26-15-7-12(19(21,22)23)13(20)8-24-15/h2-10,27H,1H3,(H,28,29)(H,24,26,30)/t10-/m1/s1. The zero-order valence-corrected chi connectivity index (χ0v) is 17.4. The Labute approximate surface area is 183 Å². The van der Waals surface area contributed by atoms with Crippen molar-refractivity contribution in [2.45, 2.75) is 19.1 Å². The third kappa shape index (κ3) is 5.78. The number of benzene rings is 1. The van der Waals surface area contributed by atoms with Crippen molar-refractivity contribution in [1.82, 2.24) is 20.8 Å². The first-order chi connectivity index (χ1) is 14.6. The number of carbonyl (C=O) groups is 2. The molecule has 0 unspecified atom stereocenters. The van der Waals surface area contributed by atoms with Gasteiger partial charge in [-0.2, -0.15) is 13.2 Å². The third-order valence-corrected chi connectivity index (χ3v) is 5.44. The fourth-order valence-corrected chi connectivity index (χ4v) is 3.42. The maximum absolute atomic E-state index is 12.9. The SMILES string of the molecule is C[C@@H](NNC(=O)c1ccccc1)c1ncc(C(=O)Nc2cc(C(F)(F)F)c(Cl)cn2)s1.